The number of carbonyl (C=O) groups is 1. The zero-order valence-corrected chi connectivity index (χ0v) is 12.6. The van der Waals surface area contributed by atoms with E-state index >= 15 is 0 Å². The molecule has 1 aliphatic heterocycles. The van der Waals surface area contributed by atoms with Crippen molar-refractivity contribution in [3.05, 3.63) is 22.8 Å². The smallest absolute Gasteiger partial charge is 0.255 e. The van der Waals surface area contributed by atoms with Gasteiger partial charge in [-0.2, -0.15) is 0 Å². The van der Waals surface area contributed by atoms with E-state index in [1.165, 1.54) is 6.20 Å². The summed E-state index contributed by atoms with van der Waals surface area (Å²) in [5.41, 5.74) is 0.470. The Balaban J connectivity index is 2.08. The van der Waals surface area contributed by atoms with Crippen LogP contribution in [0.25, 0.3) is 0 Å². The molecule has 1 N–H and O–H groups in total. The van der Waals surface area contributed by atoms with Gasteiger partial charge in [0.1, 0.15) is 5.82 Å². The molecule has 1 saturated heterocycles. The molecule has 1 amide bonds. The lowest BCUT2D eigenvalue weighted by Crippen LogP contribution is -2.34. The number of likely N-dealkylation sites (N-methyl/N-ethyl adjacent to an activating group) is 1. The van der Waals surface area contributed by atoms with E-state index in [9.17, 15) is 4.79 Å². The molecule has 1 aliphatic rings. The molecule has 1 aromatic heterocycles. The molecule has 2 rings (SSSR count). The Hall–Kier alpha value is -1.33. The van der Waals surface area contributed by atoms with E-state index < -0.39 is 0 Å². The first-order valence-electron chi connectivity index (χ1n) is 6.88. The molecule has 0 radical (unpaired) electrons. The number of halogens is 1. The maximum atomic E-state index is 12.4. The molecule has 5 nitrogen and oxygen atoms in total. The van der Waals surface area contributed by atoms with Gasteiger partial charge in [0.15, 0.2) is 0 Å². The summed E-state index contributed by atoms with van der Waals surface area (Å²) in [5, 5.41) is 3.45. The van der Waals surface area contributed by atoms with Crippen LogP contribution in [-0.4, -0.2) is 48.6 Å². The highest BCUT2D eigenvalue weighted by molar-refractivity contribution is 6.33. The van der Waals surface area contributed by atoms with E-state index in [1.54, 1.807) is 18.0 Å². The molecule has 1 atom stereocenters. The summed E-state index contributed by atoms with van der Waals surface area (Å²) in [4.78, 5) is 18.2. The molecule has 0 spiro atoms. The number of nitrogens with zero attached hydrogens (tertiary/aromatic N) is 2. The third kappa shape index (κ3) is 3.61. The Labute approximate surface area is 124 Å². The summed E-state index contributed by atoms with van der Waals surface area (Å²) in [7, 11) is 1.77. The van der Waals surface area contributed by atoms with Crippen LogP contribution in [0.5, 0.6) is 0 Å². The summed E-state index contributed by atoms with van der Waals surface area (Å²) >= 11 is 6.08. The second kappa shape index (κ2) is 6.90. The van der Waals surface area contributed by atoms with Crippen LogP contribution in [0, 0.1) is 0 Å². The average molecular weight is 298 g/mol. The molecule has 6 heteroatoms. The summed E-state index contributed by atoms with van der Waals surface area (Å²) in [6, 6.07) is 1.69. The number of ether oxygens (including phenoxy) is 1. The first-order valence-corrected chi connectivity index (χ1v) is 7.26. The first kappa shape index (κ1) is 15.1. The van der Waals surface area contributed by atoms with Gasteiger partial charge in [-0.25, -0.2) is 4.98 Å². The molecule has 2 heterocycles. The molecular formula is C14H20ClN3O2. The monoisotopic (exact) mass is 297 g/mol. The quantitative estimate of drug-likeness (QED) is 0.907. The number of nitrogens with one attached hydrogen (secondary N) is 1. The van der Waals surface area contributed by atoms with Crippen LogP contribution in [-0.2, 0) is 4.74 Å². The van der Waals surface area contributed by atoms with Gasteiger partial charge in [-0.3, -0.25) is 4.79 Å². The van der Waals surface area contributed by atoms with E-state index in [2.05, 4.69) is 10.3 Å². The number of amides is 1. The predicted octanol–water partition coefficient (Wildman–Crippen LogP) is 2.42. The standard InChI is InChI=1S/C14H20ClN3O2/c1-3-16-13-7-11(12(15)8-17-13)14(19)18(2)9-10-5-4-6-20-10/h7-8,10H,3-6,9H2,1-2H3,(H,16,17). The molecule has 1 unspecified atom stereocenters. The zero-order valence-electron chi connectivity index (χ0n) is 11.9. The van der Waals surface area contributed by atoms with Gasteiger partial charge in [0, 0.05) is 32.9 Å². The van der Waals surface area contributed by atoms with Crippen LogP contribution >= 0.6 is 11.6 Å². The third-order valence-electron chi connectivity index (χ3n) is 3.29. The Kier molecular flexibility index (Phi) is 5.20. The lowest BCUT2D eigenvalue weighted by Gasteiger charge is -2.21. The Morgan fingerprint density at radius 1 is 1.65 bits per heavy atom. The van der Waals surface area contributed by atoms with Crippen LogP contribution in [0.4, 0.5) is 5.82 Å². The van der Waals surface area contributed by atoms with Gasteiger partial charge in [0.25, 0.3) is 5.91 Å². The van der Waals surface area contributed by atoms with Crippen molar-refractivity contribution in [1.82, 2.24) is 9.88 Å². The van der Waals surface area contributed by atoms with Crippen LogP contribution in [0.2, 0.25) is 5.02 Å². The molecule has 0 bridgehead atoms. The highest BCUT2D eigenvalue weighted by atomic mass is 35.5. The lowest BCUT2D eigenvalue weighted by molar-refractivity contribution is 0.0587. The van der Waals surface area contributed by atoms with Crippen molar-refractivity contribution in [3.63, 3.8) is 0 Å². The number of rotatable bonds is 5. The van der Waals surface area contributed by atoms with Crippen molar-refractivity contribution < 1.29 is 9.53 Å². The minimum Gasteiger partial charge on any atom is -0.376 e. The third-order valence-corrected chi connectivity index (χ3v) is 3.59. The summed E-state index contributed by atoms with van der Waals surface area (Å²) in [6.07, 6.45) is 3.71. The van der Waals surface area contributed by atoms with E-state index in [4.69, 9.17) is 16.3 Å². The second-order valence-corrected chi connectivity index (χ2v) is 5.31. The van der Waals surface area contributed by atoms with Crippen molar-refractivity contribution in [3.8, 4) is 0 Å². The fourth-order valence-electron chi connectivity index (χ4n) is 2.26. The number of pyridine rings is 1. The summed E-state index contributed by atoms with van der Waals surface area (Å²) < 4.78 is 5.55. The van der Waals surface area contributed by atoms with Gasteiger partial charge in [-0.15, -0.1) is 0 Å². The number of hydrogen-bond donors (Lipinski definition) is 1. The fourth-order valence-corrected chi connectivity index (χ4v) is 2.45. The van der Waals surface area contributed by atoms with Crippen LogP contribution in [0.15, 0.2) is 12.3 Å². The minimum absolute atomic E-state index is 0.105. The maximum absolute atomic E-state index is 12.4. The fraction of sp³-hybridized carbons (Fsp3) is 0.571. The summed E-state index contributed by atoms with van der Waals surface area (Å²) in [5.74, 6) is 0.554. The van der Waals surface area contributed by atoms with Gasteiger partial charge in [0.05, 0.1) is 16.7 Å². The van der Waals surface area contributed by atoms with Crippen molar-refractivity contribution in [2.75, 3.05) is 32.1 Å². The van der Waals surface area contributed by atoms with Gasteiger partial charge in [-0.1, -0.05) is 11.6 Å². The Morgan fingerprint density at radius 3 is 3.10 bits per heavy atom. The van der Waals surface area contributed by atoms with Gasteiger partial charge >= 0.3 is 0 Å². The molecule has 0 saturated carbocycles. The zero-order chi connectivity index (χ0) is 14.5. The highest BCUT2D eigenvalue weighted by Crippen LogP contribution is 2.20. The molecule has 1 aromatic rings. The van der Waals surface area contributed by atoms with Crippen molar-refractivity contribution in [1.29, 1.82) is 0 Å². The first-order chi connectivity index (χ1) is 9.61. The number of carbonyl (C=O) groups excluding carboxylic acids is 1. The minimum atomic E-state index is -0.105. The van der Waals surface area contributed by atoms with E-state index in [0.717, 1.165) is 26.0 Å². The van der Waals surface area contributed by atoms with Crippen molar-refractivity contribution in [2.24, 2.45) is 0 Å². The van der Waals surface area contributed by atoms with Crippen LogP contribution < -0.4 is 5.32 Å². The van der Waals surface area contributed by atoms with Crippen LogP contribution in [0.1, 0.15) is 30.1 Å². The molecule has 110 valence electrons. The second-order valence-electron chi connectivity index (χ2n) is 4.90. The normalized spacial score (nSPS) is 18.1. The van der Waals surface area contributed by atoms with E-state index in [1.807, 2.05) is 6.92 Å². The van der Waals surface area contributed by atoms with Crippen molar-refractivity contribution >= 4 is 23.3 Å². The van der Waals surface area contributed by atoms with Gasteiger partial charge in [0.2, 0.25) is 0 Å². The van der Waals surface area contributed by atoms with Crippen molar-refractivity contribution in [2.45, 2.75) is 25.9 Å². The highest BCUT2D eigenvalue weighted by Gasteiger charge is 2.22. The predicted molar refractivity (Wildman–Crippen MR) is 79.3 cm³/mol. The summed E-state index contributed by atoms with van der Waals surface area (Å²) in [6.45, 7) is 4.09. The maximum Gasteiger partial charge on any atom is 0.255 e. The molecule has 1 fully saturated rings. The molecule has 0 aromatic carbocycles. The lowest BCUT2D eigenvalue weighted by atomic mass is 10.2. The number of hydrogen-bond acceptors (Lipinski definition) is 4. The van der Waals surface area contributed by atoms with E-state index in [0.29, 0.717) is 22.9 Å². The topological polar surface area (TPSA) is 54.5 Å². The Morgan fingerprint density at radius 2 is 2.45 bits per heavy atom. The van der Waals surface area contributed by atoms with Gasteiger partial charge < -0.3 is 15.0 Å². The Bertz CT molecular complexity index is 475. The SMILES string of the molecule is CCNc1cc(C(=O)N(C)CC2CCCO2)c(Cl)cn1. The van der Waals surface area contributed by atoms with Crippen LogP contribution in [0.3, 0.4) is 0 Å². The largest absolute Gasteiger partial charge is 0.376 e. The number of aromatic nitrogens is 1. The van der Waals surface area contributed by atoms with Gasteiger partial charge in [-0.05, 0) is 25.8 Å². The number of anilines is 1. The molecule has 0 aliphatic carbocycles. The average Bonchev–Trinajstić information content (AvgIpc) is 2.93. The van der Waals surface area contributed by atoms with E-state index in [-0.39, 0.29) is 12.0 Å². The molecule has 20 heavy (non-hydrogen) atoms. The molecular weight excluding hydrogens is 278 g/mol.